The van der Waals surface area contributed by atoms with E-state index in [1.54, 1.807) is 31.2 Å². The van der Waals surface area contributed by atoms with E-state index >= 15 is 0 Å². The van der Waals surface area contributed by atoms with Gasteiger partial charge in [0.25, 0.3) is 0 Å². The molecule has 0 saturated heterocycles. The van der Waals surface area contributed by atoms with E-state index in [0.29, 0.717) is 18.0 Å². The number of carbonyl (C=O) groups excluding carboxylic acids is 2. The van der Waals surface area contributed by atoms with Crippen LogP contribution in [0.1, 0.15) is 13.8 Å². The molecule has 2 N–H and O–H groups in total. The van der Waals surface area contributed by atoms with Gasteiger partial charge in [-0.05, 0) is 38.1 Å². The minimum absolute atomic E-state index is 0.260. The van der Waals surface area contributed by atoms with Crippen LogP contribution in [0, 0.1) is 0 Å². The van der Waals surface area contributed by atoms with Gasteiger partial charge < -0.3 is 20.1 Å². The molecule has 6 nitrogen and oxygen atoms in total. The van der Waals surface area contributed by atoms with Gasteiger partial charge in [0.1, 0.15) is 5.75 Å². The van der Waals surface area contributed by atoms with E-state index in [1.807, 2.05) is 6.92 Å². The first-order chi connectivity index (χ1) is 8.65. The standard InChI is InChI=1S/C12H16N2O4/c1-3-13-11(15)14-9-5-7-10(8-6-9)18-12(16)17-4-2/h5-8H,3-4H2,1-2H3,(H2,13,14,15). The first kappa shape index (κ1) is 13.8. The monoisotopic (exact) mass is 252 g/mol. The predicted molar refractivity (Wildman–Crippen MR) is 66.8 cm³/mol. The molecule has 0 atom stereocenters. The highest BCUT2D eigenvalue weighted by Gasteiger charge is 2.05. The third kappa shape index (κ3) is 4.73. The fraction of sp³-hybridized carbons (Fsp3) is 0.333. The third-order valence-electron chi connectivity index (χ3n) is 1.91. The third-order valence-corrected chi connectivity index (χ3v) is 1.91. The van der Waals surface area contributed by atoms with Crippen molar-refractivity contribution in [2.45, 2.75) is 13.8 Å². The number of anilines is 1. The lowest BCUT2D eigenvalue weighted by atomic mass is 10.3. The Morgan fingerprint density at radius 2 is 1.83 bits per heavy atom. The van der Waals surface area contributed by atoms with Crippen molar-refractivity contribution < 1.29 is 19.1 Å². The minimum Gasteiger partial charge on any atom is -0.434 e. The Morgan fingerprint density at radius 1 is 1.17 bits per heavy atom. The van der Waals surface area contributed by atoms with Crippen LogP contribution < -0.4 is 15.4 Å². The van der Waals surface area contributed by atoms with E-state index in [1.165, 1.54) is 0 Å². The SMILES string of the molecule is CCNC(=O)Nc1ccc(OC(=O)OCC)cc1. The molecule has 0 aliphatic heterocycles. The van der Waals surface area contributed by atoms with Crippen LogP contribution >= 0.6 is 0 Å². The lowest BCUT2D eigenvalue weighted by Crippen LogP contribution is -2.28. The smallest absolute Gasteiger partial charge is 0.434 e. The molecule has 0 spiro atoms. The van der Waals surface area contributed by atoms with Crippen molar-refractivity contribution >= 4 is 17.9 Å². The Morgan fingerprint density at radius 3 is 2.39 bits per heavy atom. The van der Waals surface area contributed by atoms with Crippen molar-refractivity contribution in [1.82, 2.24) is 5.32 Å². The topological polar surface area (TPSA) is 76.7 Å². The van der Waals surface area contributed by atoms with Crippen molar-refractivity contribution in [1.29, 1.82) is 0 Å². The summed E-state index contributed by atoms with van der Waals surface area (Å²) < 4.78 is 9.50. The van der Waals surface area contributed by atoms with E-state index in [9.17, 15) is 9.59 Å². The number of benzene rings is 1. The number of nitrogens with one attached hydrogen (secondary N) is 2. The van der Waals surface area contributed by atoms with E-state index in [4.69, 9.17) is 4.74 Å². The van der Waals surface area contributed by atoms with Gasteiger partial charge in [-0.3, -0.25) is 0 Å². The van der Waals surface area contributed by atoms with Crippen LogP contribution in [0.15, 0.2) is 24.3 Å². The van der Waals surface area contributed by atoms with Gasteiger partial charge in [0.15, 0.2) is 0 Å². The normalized spacial score (nSPS) is 9.44. The zero-order valence-electron chi connectivity index (χ0n) is 10.4. The molecule has 0 fully saturated rings. The summed E-state index contributed by atoms with van der Waals surface area (Å²) in [7, 11) is 0. The molecule has 6 heteroatoms. The van der Waals surface area contributed by atoms with Gasteiger partial charge in [-0.15, -0.1) is 0 Å². The van der Waals surface area contributed by atoms with E-state index < -0.39 is 6.16 Å². The largest absolute Gasteiger partial charge is 0.513 e. The van der Waals surface area contributed by atoms with Gasteiger partial charge in [0, 0.05) is 12.2 Å². The molecule has 98 valence electrons. The molecule has 18 heavy (non-hydrogen) atoms. The van der Waals surface area contributed by atoms with Crippen LogP contribution in [0.5, 0.6) is 5.75 Å². The van der Waals surface area contributed by atoms with Crippen molar-refractivity contribution in [3.8, 4) is 5.75 Å². The average molecular weight is 252 g/mol. The first-order valence-electron chi connectivity index (χ1n) is 5.65. The van der Waals surface area contributed by atoms with Crippen LogP contribution in [0.3, 0.4) is 0 Å². The van der Waals surface area contributed by atoms with Crippen LogP contribution in [0.25, 0.3) is 0 Å². The number of carbonyl (C=O) groups is 2. The molecule has 0 heterocycles. The number of amides is 2. The fourth-order valence-electron chi connectivity index (χ4n) is 1.19. The molecule has 0 unspecified atom stereocenters. The second kappa shape index (κ2) is 7.16. The quantitative estimate of drug-likeness (QED) is 0.637. The predicted octanol–water partition coefficient (Wildman–Crippen LogP) is 2.36. The Labute approximate surface area is 105 Å². The number of urea groups is 1. The summed E-state index contributed by atoms with van der Waals surface area (Å²) in [6, 6.07) is 6.11. The lowest BCUT2D eigenvalue weighted by Gasteiger charge is -2.07. The second-order valence-electron chi connectivity index (χ2n) is 3.29. The molecular weight excluding hydrogens is 236 g/mol. The molecule has 2 amide bonds. The molecule has 0 aliphatic carbocycles. The summed E-state index contributed by atoms with van der Waals surface area (Å²) in [6.45, 7) is 4.34. The minimum atomic E-state index is -0.748. The maximum atomic E-state index is 11.2. The van der Waals surface area contributed by atoms with Crippen LogP contribution in [0.2, 0.25) is 0 Å². The van der Waals surface area contributed by atoms with Gasteiger partial charge in [-0.2, -0.15) is 0 Å². The van der Waals surface area contributed by atoms with Gasteiger partial charge in [-0.25, -0.2) is 9.59 Å². The Bertz CT molecular complexity index is 364. The number of hydrogen-bond donors (Lipinski definition) is 2. The molecule has 1 rings (SSSR count). The molecule has 0 bridgehead atoms. The number of rotatable bonds is 4. The van der Waals surface area contributed by atoms with E-state index in [-0.39, 0.29) is 12.6 Å². The maximum Gasteiger partial charge on any atom is 0.513 e. The average Bonchev–Trinajstić information content (AvgIpc) is 2.32. The first-order valence-corrected chi connectivity index (χ1v) is 5.65. The van der Waals surface area contributed by atoms with Crippen molar-refractivity contribution in [2.24, 2.45) is 0 Å². The Balaban J connectivity index is 2.52. The molecule has 0 radical (unpaired) electrons. The molecule has 1 aromatic carbocycles. The summed E-state index contributed by atoms with van der Waals surface area (Å²) >= 11 is 0. The van der Waals surface area contributed by atoms with Gasteiger partial charge in [-0.1, -0.05) is 0 Å². The summed E-state index contributed by atoms with van der Waals surface area (Å²) in [5, 5.41) is 5.23. The van der Waals surface area contributed by atoms with Crippen LogP contribution in [-0.4, -0.2) is 25.3 Å². The maximum absolute atomic E-state index is 11.2. The van der Waals surface area contributed by atoms with Gasteiger partial charge in [0.2, 0.25) is 0 Å². The zero-order valence-corrected chi connectivity index (χ0v) is 10.4. The molecular formula is C12H16N2O4. The lowest BCUT2D eigenvalue weighted by molar-refractivity contribution is 0.104. The van der Waals surface area contributed by atoms with Crippen LogP contribution in [-0.2, 0) is 4.74 Å². The van der Waals surface area contributed by atoms with Crippen LogP contribution in [0.4, 0.5) is 15.3 Å². The van der Waals surface area contributed by atoms with Gasteiger partial charge >= 0.3 is 12.2 Å². The summed E-state index contributed by atoms with van der Waals surface area (Å²) in [4.78, 5) is 22.3. The zero-order chi connectivity index (χ0) is 13.4. The summed E-state index contributed by atoms with van der Waals surface area (Å²) in [6.07, 6.45) is -0.748. The van der Waals surface area contributed by atoms with Crippen molar-refractivity contribution in [2.75, 3.05) is 18.5 Å². The summed E-state index contributed by atoms with van der Waals surface area (Å²) in [5.41, 5.74) is 0.608. The highest BCUT2D eigenvalue weighted by molar-refractivity contribution is 5.89. The molecule has 1 aromatic rings. The second-order valence-corrected chi connectivity index (χ2v) is 3.29. The molecule has 0 aliphatic rings. The molecule has 0 saturated carbocycles. The van der Waals surface area contributed by atoms with E-state index in [0.717, 1.165) is 0 Å². The van der Waals surface area contributed by atoms with E-state index in [2.05, 4.69) is 15.4 Å². The van der Waals surface area contributed by atoms with Gasteiger partial charge in [0.05, 0.1) is 6.61 Å². The fourth-order valence-corrected chi connectivity index (χ4v) is 1.19. The Hall–Kier alpha value is -2.24. The molecule has 0 aromatic heterocycles. The highest BCUT2D eigenvalue weighted by atomic mass is 16.7. The number of hydrogen-bond acceptors (Lipinski definition) is 4. The number of ether oxygens (including phenoxy) is 2. The van der Waals surface area contributed by atoms with Crippen molar-refractivity contribution in [3.63, 3.8) is 0 Å². The van der Waals surface area contributed by atoms with Crippen molar-refractivity contribution in [3.05, 3.63) is 24.3 Å². The summed E-state index contributed by atoms with van der Waals surface area (Å²) in [5.74, 6) is 0.356. The Kier molecular flexibility index (Phi) is 5.50. The highest BCUT2D eigenvalue weighted by Crippen LogP contribution is 2.16.